The van der Waals surface area contributed by atoms with Gasteiger partial charge in [-0.1, -0.05) is 0 Å². The molecule has 1 aromatic heterocycles. The second kappa shape index (κ2) is 3.75. The molecule has 2 rings (SSSR count). The Morgan fingerprint density at radius 2 is 2.50 bits per heavy atom. The highest BCUT2D eigenvalue weighted by atomic mass is 16.6. The van der Waals surface area contributed by atoms with Gasteiger partial charge in [0.05, 0.1) is 0 Å². The van der Waals surface area contributed by atoms with E-state index in [4.69, 9.17) is 4.74 Å². The van der Waals surface area contributed by atoms with Gasteiger partial charge in [-0.25, -0.2) is 0 Å². The quantitative estimate of drug-likeness (QED) is 0.532. The van der Waals surface area contributed by atoms with Gasteiger partial charge in [0.1, 0.15) is 12.4 Å². The minimum absolute atomic E-state index is 0.0788. The molecule has 76 valence electrons. The lowest BCUT2D eigenvalue weighted by Crippen LogP contribution is -2.16. The van der Waals surface area contributed by atoms with Crippen molar-refractivity contribution in [2.24, 2.45) is 0 Å². The van der Waals surface area contributed by atoms with Crippen LogP contribution in [0.2, 0.25) is 0 Å². The van der Waals surface area contributed by atoms with Crippen molar-refractivity contribution in [3.63, 3.8) is 0 Å². The first kappa shape index (κ1) is 9.14. The molecular formula is C8H11N3O3. The fourth-order valence-electron chi connectivity index (χ4n) is 1.54. The SMILES string of the molecule is O=[N+]([O-])c1cn(C2CCCCO2)cn1. The third-order valence-corrected chi connectivity index (χ3v) is 2.26. The van der Waals surface area contributed by atoms with E-state index in [1.807, 2.05) is 0 Å². The molecule has 0 aliphatic carbocycles. The lowest BCUT2D eigenvalue weighted by Gasteiger charge is -2.22. The number of hydrogen-bond donors (Lipinski definition) is 0. The van der Waals surface area contributed by atoms with Crippen LogP contribution in [-0.2, 0) is 4.74 Å². The smallest absolute Gasteiger partial charge is 0.358 e. The van der Waals surface area contributed by atoms with Gasteiger partial charge in [-0.2, -0.15) is 0 Å². The van der Waals surface area contributed by atoms with Gasteiger partial charge in [0.15, 0.2) is 0 Å². The molecule has 0 bridgehead atoms. The molecule has 0 radical (unpaired) electrons. The maximum Gasteiger partial charge on any atom is 0.381 e. The van der Waals surface area contributed by atoms with E-state index >= 15 is 0 Å². The average Bonchev–Trinajstić information content (AvgIpc) is 2.68. The largest absolute Gasteiger partial charge is 0.381 e. The van der Waals surface area contributed by atoms with Gasteiger partial charge in [-0.3, -0.25) is 4.57 Å². The molecule has 0 saturated carbocycles. The van der Waals surface area contributed by atoms with E-state index in [0.29, 0.717) is 0 Å². The van der Waals surface area contributed by atoms with E-state index in [-0.39, 0.29) is 12.0 Å². The zero-order valence-electron chi connectivity index (χ0n) is 7.63. The third kappa shape index (κ3) is 1.74. The van der Waals surface area contributed by atoms with Crippen molar-refractivity contribution < 1.29 is 9.66 Å². The monoisotopic (exact) mass is 197 g/mol. The first-order chi connectivity index (χ1) is 6.77. The topological polar surface area (TPSA) is 70.2 Å². The van der Waals surface area contributed by atoms with Crippen LogP contribution in [0.4, 0.5) is 5.82 Å². The number of nitrogens with zero attached hydrogens (tertiary/aromatic N) is 3. The Labute approximate surface area is 80.7 Å². The Morgan fingerprint density at radius 1 is 1.64 bits per heavy atom. The lowest BCUT2D eigenvalue weighted by atomic mass is 10.2. The molecule has 0 amide bonds. The fraction of sp³-hybridized carbons (Fsp3) is 0.625. The van der Waals surface area contributed by atoms with Crippen molar-refractivity contribution in [1.29, 1.82) is 0 Å². The van der Waals surface area contributed by atoms with E-state index in [1.54, 1.807) is 4.57 Å². The van der Waals surface area contributed by atoms with E-state index < -0.39 is 4.92 Å². The van der Waals surface area contributed by atoms with Crippen molar-refractivity contribution in [1.82, 2.24) is 9.55 Å². The van der Waals surface area contributed by atoms with Crippen LogP contribution in [0.25, 0.3) is 0 Å². The highest BCUT2D eigenvalue weighted by Crippen LogP contribution is 2.23. The second-order valence-electron chi connectivity index (χ2n) is 3.26. The van der Waals surface area contributed by atoms with E-state index in [1.165, 1.54) is 12.5 Å². The van der Waals surface area contributed by atoms with E-state index in [9.17, 15) is 10.1 Å². The molecule has 1 unspecified atom stereocenters. The summed E-state index contributed by atoms with van der Waals surface area (Å²) in [6, 6.07) is 0. The molecule has 1 fully saturated rings. The van der Waals surface area contributed by atoms with Crippen molar-refractivity contribution >= 4 is 5.82 Å². The van der Waals surface area contributed by atoms with Gasteiger partial charge in [-0.15, -0.1) is 0 Å². The second-order valence-corrected chi connectivity index (χ2v) is 3.26. The molecule has 1 saturated heterocycles. The maximum atomic E-state index is 10.4. The van der Waals surface area contributed by atoms with Crippen molar-refractivity contribution in [2.75, 3.05) is 6.61 Å². The predicted molar refractivity (Wildman–Crippen MR) is 47.7 cm³/mol. The summed E-state index contributed by atoms with van der Waals surface area (Å²) in [5.74, 6) is -0.126. The summed E-state index contributed by atoms with van der Waals surface area (Å²) in [5, 5.41) is 10.4. The molecule has 0 aromatic carbocycles. The van der Waals surface area contributed by atoms with Crippen LogP contribution in [-0.4, -0.2) is 21.1 Å². The van der Waals surface area contributed by atoms with Crippen molar-refractivity contribution in [2.45, 2.75) is 25.5 Å². The van der Waals surface area contributed by atoms with Crippen molar-refractivity contribution in [3.05, 3.63) is 22.6 Å². The summed E-state index contributed by atoms with van der Waals surface area (Å²) >= 11 is 0. The van der Waals surface area contributed by atoms with Crippen LogP contribution >= 0.6 is 0 Å². The van der Waals surface area contributed by atoms with E-state index in [0.717, 1.165) is 25.9 Å². The first-order valence-corrected chi connectivity index (χ1v) is 4.57. The standard InChI is InChI=1S/C8H11N3O3/c12-11(13)7-5-10(6-9-7)8-3-1-2-4-14-8/h5-6,8H,1-4H2. The Kier molecular flexibility index (Phi) is 2.45. The fourth-order valence-corrected chi connectivity index (χ4v) is 1.54. The number of ether oxygens (including phenoxy) is 1. The number of nitro groups is 1. The molecule has 2 heterocycles. The van der Waals surface area contributed by atoms with Crippen LogP contribution in [0.5, 0.6) is 0 Å². The number of imidazole rings is 1. The predicted octanol–water partition coefficient (Wildman–Crippen LogP) is 1.49. The van der Waals surface area contributed by atoms with Crippen LogP contribution in [0.3, 0.4) is 0 Å². The van der Waals surface area contributed by atoms with Crippen LogP contribution < -0.4 is 0 Å². The van der Waals surface area contributed by atoms with Gasteiger partial charge in [0, 0.05) is 6.61 Å². The average molecular weight is 197 g/mol. The molecule has 14 heavy (non-hydrogen) atoms. The third-order valence-electron chi connectivity index (χ3n) is 2.26. The molecule has 6 heteroatoms. The highest BCUT2D eigenvalue weighted by molar-refractivity contribution is 5.12. The number of aromatic nitrogens is 2. The van der Waals surface area contributed by atoms with Gasteiger partial charge in [-0.05, 0) is 29.2 Å². The lowest BCUT2D eigenvalue weighted by molar-refractivity contribution is -0.389. The zero-order chi connectivity index (χ0) is 9.97. The van der Waals surface area contributed by atoms with Gasteiger partial charge in [0.25, 0.3) is 0 Å². The summed E-state index contributed by atoms with van der Waals surface area (Å²) in [6.45, 7) is 0.719. The first-order valence-electron chi connectivity index (χ1n) is 4.57. The molecule has 1 aliphatic heterocycles. The highest BCUT2D eigenvalue weighted by Gasteiger charge is 2.19. The van der Waals surface area contributed by atoms with Gasteiger partial charge < -0.3 is 14.9 Å². The molecule has 1 atom stereocenters. The molecule has 0 spiro atoms. The van der Waals surface area contributed by atoms with E-state index in [2.05, 4.69) is 4.98 Å². The van der Waals surface area contributed by atoms with Gasteiger partial charge >= 0.3 is 5.82 Å². The summed E-state index contributed by atoms with van der Waals surface area (Å²) in [6.07, 6.45) is 5.84. The summed E-state index contributed by atoms with van der Waals surface area (Å²) in [4.78, 5) is 13.6. The summed E-state index contributed by atoms with van der Waals surface area (Å²) < 4.78 is 7.12. The van der Waals surface area contributed by atoms with Crippen molar-refractivity contribution in [3.8, 4) is 0 Å². The summed E-state index contributed by atoms with van der Waals surface area (Å²) in [7, 11) is 0. The number of rotatable bonds is 2. The minimum Gasteiger partial charge on any atom is -0.358 e. The van der Waals surface area contributed by atoms with Crippen LogP contribution in [0.15, 0.2) is 12.5 Å². The molecule has 1 aromatic rings. The number of hydrogen-bond acceptors (Lipinski definition) is 4. The molecule has 1 aliphatic rings. The molecule has 0 N–H and O–H groups in total. The minimum atomic E-state index is -0.501. The summed E-state index contributed by atoms with van der Waals surface area (Å²) in [5.41, 5.74) is 0. The zero-order valence-corrected chi connectivity index (χ0v) is 7.63. The molecule has 6 nitrogen and oxygen atoms in total. The maximum absolute atomic E-state index is 10.4. The van der Waals surface area contributed by atoms with Gasteiger partial charge in [0.2, 0.25) is 6.33 Å². The molecular weight excluding hydrogens is 186 g/mol. The Bertz CT molecular complexity index is 330. The van der Waals surface area contributed by atoms with Crippen LogP contribution in [0.1, 0.15) is 25.5 Å². The Hall–Kier alpha value is -1.43. The normalized spacial score (nSPS) is 22.1. The Morgan fingerprint density at radius 3 is 3.07 bits per heavy atom. The van der Waals surface area contributed by atoms with Crippen LogP contribution in [0, 0.1) is 10.1 Å². The Balaban J connectivity index is 2.11.